The Morgan fingerprint density at radius 2 is 2.04 bits per heavy atom. The first-order valence-corrected chi connectivity index (χ1v) is 7.91. The molecule has 1 aliphatic carbocycles. The van der Waals surface area contributed by atoms with Gasteiger partial charge in [-0.15, -0.1) is 0 Å². The molecule has 3 rings (SSSR count). The van der Waals surface area contributed by atoms with Gasteiger partial charge in [0.05, 0.1) is 5.54 Å². The number of amides is 1. The molecule has 0 saturated heterocycles. The first-order valence-electron chi connectivity index (χ1n) is 7.91. The second-order valence-corrected chi connectivity index (χ2v) is 7.06. The van der Waals surface area contributed by atoms with E-state index in [-0.39, 0.29) is 18.0 Å². The molecule has 8 nitrogen and oxygen atoms in total. The molecule has 0 bridgehead atoms. The highest BCUT2D eigenvalue weighted by Crippen LogP contribution is 2.41. The lowest BCUT2D eigenvalue weighted by Gasteiger charge is -2.22. The molecule has 0 aromatic carbocycles. The van der Waals surface area contributed by atoms with Crippen LogP contribution in [0.1, 0.15) is 55.7 Å². The molecule has 0 aliphatic heterocycles. The van der Waals surface area contributed by atoms with E-state index in [1.54, 1.807) is 6.07 Å². The van der Waals surface area contributed by atoms with Gasteiger partial charge >= 0.3 is 5.97 Å². The lowest BCUT2D eigenvalue weighted by atomic mass is 10.1. The van der Waals surface area contributed by atoms with Crippen molar-refractivity contribution in [3.63, 3.8) is 0 Å². The molecule has 1 fully saturated rings. The Labute approximate surface area is 139 Å². The topological polar surface area (TPSA) is 102 Å². The highest BCUT2D eigenvalue weighted by atomic mass is 16.4. The Balaban J connectivity index is 1.78. The average molecular weight is 331 g/mol. The molecule has 0 atom stereocenters. The van der Waals surface area contributed by atoms with E-state index >= 15 is 0 Å². The molecule has 2 heterocycles. The summed E-state index contributed by atoms with van der Waals surface area (Å²) in [4.78, 5) is 23.1. The van der Waals surface area contributed by atoms with Crippen molar-refractivity contribution in [2.75, 3.05) is 5.32 Å². The van der Waals surface area contributed by atoms with Crippen LogP contribution in [-0.2, 0) is 16.9 Å². The Hall–Kier alpha value is -2.64. The Morgan fingerprint density at radius 1 is 1.33 bits per heavy atom. The number of rotatable bonds is 5. The highest BCUT2D eigenvalue weighted by Gasteiger charge is 2.32. The molecule has 0 spiro atoms. The maximum absolute atomic E-state index is 12.4. The van der Waals surface area contributed by atoms with Crippen molar-refractivity contribution in [1.82, 2.24) is 19.6 Å². The van der Waals surface area contributed by atoms with E-state index in [9.17, 15) is 9.59 Å². The fourth-order valence-electron chi connectivity index (χ4n) is 2.55. The van der Waals surface area contributed by atoms with Crippen LogP contribution < -0.4 is 5.32 Å². The number of hydrogen-bond donors (Lipinski definition) is 2. The molecule has 128 valence electrons. The standard InChI is InChI=1S/C16H21N5O3/c1-16(2,3)21-12(10-4-5-10)8-11(18-21)15(24)17-13-6-7-20(19-13)9-14(22)23/h6-8,10H,4-5,9H2,1-3H3,(H,22,23)(H,17,19,24). The number of nitrogens with one attached hydrogen (secondary N) is 1. The Kier molecular flexibility index (Phi) is 3.90. The minimum atomic E-state index is -0.992. The number of carboxylic acid groups (broad SMARTS) is 1. The fraction of sp³-hybridized carbons (Fsp3) is 0.500. The minimum Gasteiger partial charge on any atom is -0.480 e. The number of carbonyl (C=O) groups is 2. The zero-order valence-corrected chi connectivity index (χ0v) is 14.0. The molecule has 1 aliphatic rings. The first-order chi connectivity index (χ1) is 11.2. The van der Waals surface area contributed by atoms with Gasteiger partial charge in [0.2, 0.25) is 0 Å². The Bertz CT molecular complexity index is 780. The zero-order valence-electron chi connectivity index (χ0n) is 14.0. The summed E-state index contributed by atoms with van der Waals surface area (Å²) in [6.07, 6.45) is 3.76. The summed E-state index contributed by atoms with van der Waals surface area (Å²) in [6.45, 7) is 5.92. The number of nitrogens with zero attached hydrogens (tertiary/aromatic N) is 4. The minimum absolute atomic E-state index is 0.195. The second kappa shape index (κ2) is 5.77. The van der Waals surface area contributed by atoms with Crippen LogP contribution in [0.3, 0.4) is 0 Å². The van der Waals surface area contributed by atoms with Crippen molar-refractivity contribution < 1.29 is 14.7 Å². The fourth-order valence-corrected chi connectivity index (χ4v) is 2.55. The SMILES string of the molecule is CC(C)(C)n1nc(C(=O)Nc2ccn(CC(=O)O)n2)cc1C1CC1. The summed E-state index contributed by atoms with van der Waals surface area (Å²) in [7, 11) is 0. The van der Waals surface area contributed by atoms with Crippen LogP contribution in [0.2, 0.25) is 0 Å². The molecule has 8 heteroatoms. The largest absolute Gasteiger partial charge is 0.480 e. The van der Waals surface area contributed by atoms with E-state index in [1.165, 1.54) is 10.9 Å². The van der Waals surface area contributed by atoms with Crippen LogP contribution in [0.4, 0.5) is 5.82 Å². The summed E-state index contributed by atoms with van der Waals surface area (Å²) < 4.78 is 3.17. The van der Waals surface area contributed by atoms with Gasteiger partial charge in [-0.05, 0) is 39.7 Å². The third kappa shape index (κ3) is 3.47. The van der Waals surface area contributed by atoms with E-state index in [2.05, 4.69) is 36.3 Å². The van der Waals surface area contributed by atoms with Crippen LogP contribution in [0, 0.1) is 0 Å². The van der Waals surface area contributed by atoms with Gasteiger partial charge in [0.15, 0.2) is 11.5 Å². The van der Waals surface area contributed by atoms with E-state index in [1.807, 2.05) is 10.7 Å². The summed E-state index contributed by atoms with van der Waals surface area (Å²) in [5.41, 5.74) is 1.24. The summed E-state index contributed by atoms with van der Waals surface area (Å²) in [6, 6.07) is 3.40. The summed E-state index contributed by atoms with van der Waals surface area (Å²) in [5, 5.41) is 19.9. The van der Waals surface area contributed by atoms with Gasteiger partial charge in [0.1, 0.15) is 6.54 Å². The number of aliphatic carboxylic acids is 1. The lowest BCUT2D eigenvalue weighted by molar-refractivity contribution is -0.137. The maximum Gasteiger partial charge on any atom is 0.325 e. The lowest BCUT2D eigenvalue weighted by Crippen LogP contribution is -2.25. The third-order valence-corrected chi connectivity index (χ3v) is 3.78. The molecule has 0 unspecified atom stereocenters. The summed E-state index contributed by atoms with van der Waals surface area (Å²) in [5.74, 6) is -0.554. The van der Waals surface area contributed by atoms with Crippen LogP contribution in [-0.4, -0.2) is 36.5 Å². The van der Waals surface area contributed by atoms with E-state index in [0.29, 0.717) is 17.4 Å². The third-order valence-electron chi connectivity index (χ3n) is 3.78. The molecule has 1 amide bonds. The van der Waals surface area contributed by atoms with Crippen molar-refractivity contribution in [2.45, 2.75) is 51.6 Å². The van der Waals surface area contributed by atoms with E-state index < -0.39 is 5.97 Å². The Morgan fingerprint density at radius 3 is 2.62 bits per heavy atom. The molecule has 2 N–H and O–H groups in total. The number of carboxylic acids is 1. The first kappa shape index (κ1) is 16.2. The van der Waals surface area contributed by atoms with Gasteiger partial charge in [-0.1, -0.05) is 0 Å². The number of hydrogen-bond acceptors (Lipinski definition) is 4. The van der Waals surface area contributed by atoms with Gasteiger partial charge in [-0.3, -0.25) is 19.0 Å². The van der Waals surface area contributed by atoms with Gasteiger partial charge in [-0.25, -0.2) is 0 Å². The molecule has 2 aromatic heterocycles. The predicted molar refractivity (Wildman–Crippen MR) is 87.0 cm³/mol. The summed E-state index contributed by atoms with van der Waals surface area (Å²) >= 11 is 0. The van der Waals surface area contributed by atoms with E-state index in [0.717, 1.165) is 18.5 Å². The van der Waals surface area contributed by atoms with Gasteiger partial charge in [0, 0.05) is 23.9 Å². The average Bonchev–Trinajstić information content (AvgIpc) is 3.04. The predicted octanol–water partition coefficient (Wildman–Crippen LogP) is 2.05. The van der Waals surface area contributed by atoms with Gasteiger partial charge in [-0.2, -0.15) is 10.2 Å². The molecule has 2 aromatic rings. The molecular formula is C16H21N5O3. The van der Waals surface area contributed by atoms with Gasteiger partial charge in [0.25, 0.3) is 5.91 Å². The van der Waals surface area contributed by atoms with Crippen molar-refractivity contribution in [3.8, 4) is 0 Å². The smallest absolute Gasteiger partial charge is 0.325 e. The van der Waals surface area contributed by atoms with E-state index in [4.69, 9.17) is 5.11 Å². The normalized spacial score (nSPS) is 14.6. The van der Waals surface area contributed by atoms with Crippen molar-refractivity contribution in [3.05, 3.63) is 29.7 Å². The highest BCUT2D eigenvalue weighted by molar-refractivity contribution is 6.02. The van der Waals surface area contributed by atoms with Gasteiger partial charge < -0.3 is 10.4 Å². The number of aromatic nitrogens is 4. The monoisotopic (exact) mass is 331 g/mol. The van der Waals surface area contributed by atoms with Crippen molar-refractivity contribution in [1.29, 1.82) is 0 Å². The van der Waals surface area contributed by atoms with Crippen LogP contribution in [0.5, 0.6) is 0 Å². The van der Waals surface area contributed by atoms with Crippen LogP contribution in [0.25, 0.3) is 0 Å². The quantitative estimate of drug-likeness (QED) is 0.873. The number of carbonyl (C=O) groups excluding carboxylic acids is 1. The molecular weight excluding hydrogens is 310 g/mol. The molecule has 1 saturated carbocycles. The molecule has 24 heavy (non-hydrogen) atoms. The van der Waals surface area contributed by atoms with Crippen molar-refractivity contribution in [2.24, 2.45) is 0 Å². The zero-order chi connectivity index (χ0) is 17.5. The van der Waals surface area contributed by atoms with Crippen molar-refractivity contribution >= 4 is 17.7 Å². The number of anilines is 1. The second-order valence-electron chi connectivity index (χ2n) is 7.06. The van der Waals surface area contributed by atoms with Crippen LogP contribution in [0.15, 0.2) is 18.3 Å². The van der Waals surface area contributed by atoms with Crippen LogP contribution >= 0.6 is 0 Å². The molecule has 0 radical (unpaired) electrons. The maximum atomic E-state index is 12.4.